The van der Waals surface area contributed by atoms with Crippen molar-refractivity contribution in [2.45, 2.75) is 39.2 Å². The summed E-state index contributed by atoms with van der Waals surface area (Å²) < 4.78 is 5.35. The third kappa shape index (κ3) is 2.99. The molecule has 3 nitrogen and oxygen atoms in total. The molecule has 1 atom stereocenters. The molecule has 0 radical (unpaired) electrons. The average molecular weight is 185 g/mol. The maximum absolute atomic E-state index is 11.4. The Bertz CT molecular complexity index is 183. The van der Waals surface area contributed by atoms with Crippen LogP contribution in [0.4, 0.5) is 0 Å². The zero-order chi connectivity index (χ0) is 9.90. The topological polar surface area (TPSA) is 38.3 Å². The van der Waals surface area contributed by atoms with Crippen molar-refractivity contribution >= 4 is 5.91 Å². The van der Waals surface area contributed by atoms with Gasteiger partial charge < -0.3 is 10.1 Å². The average Bonchev–Trinajstić information content (AvgIpc) is 2.04. The maximum atomic E-state index is 11.4. The smallest absolute Gasteiger partial charge is 0.223 e. The molecule has 0 spiro atoms. The van der Waals surface area contributed by atoms with Crippen molar-refractivity contribution in [3.8, 4) is 0 Å². The number of hydrogen-bond donors (Lipinski definition) is 1. The van der Waals surface area contributed by atoms with Gasteiger partial charge >= 0.3 is 0 Å². The largest absolute Gasteiger partial charge is 0.379 e. The van der Waals surface area contributed by atoms with Crippen molar-refractivity contribution in [1.82, 2.24) is 5.32 Å². The maximum Gasteiger partial charge on any atom is 0.223 e. The summed E-state index contributed by atoms with van der Waals surface area (Å²) in [5, 5.41) is 3.03. The van der Waals surface area contributed by atoms with Crippen molar-refractivity contribution in [2.75, 3.05) is 13.2 Å². The normalized spacial score (nSPS) is 28.9. The summed E-state index contributed by atoms with van der Waals surface area (Å²) in [5.41, 5.74) is -0.139. The van der Waals surface area contributed by atoms with Crippen LogP contribution in [0.5, 0.6) is 0 Å². The molecule has 0 aromatic rings. The standard InChI is InChI=1S/C10H19NO2/c1-8(2)9(12)11-10(3)5-4-6-13-7-10/h8H,4-7H2,1-3H3,(H,11,12). The lowest BCUT2D eigenvalue weighted by Gasteiger charge is -2.34. The monoisotopic (exact) mass is 185 g/mol. The third-order valence-corrected chi connectivity index (χ3v) is 2.39. The molecule has 1 rings (SSSR count). The highest BCUT2D eigenvalue weighted by molar-refractivity contribution is 5.78. The van der Waals surface area contributed by atoms with Crippen molar-refractivity contribution in [1.29, 1.82) is 0 Å². The molecule has 0 bridgehead atoms. The molecule has 1 fully saturated rings. The molecule has 0 aliphatic carbocycles. The Morgan fingerprint density at radius 1 is 1.54 bits per heavy atom. The summed E-state index contributed by atoms with van der Waals surface area (Å²) in [6.45, 7) is 7.33. The van der Waals surface area contributed by atoms with E-state index in [-0.39, 0.29) is 17.4 Å². The molecule has 1 amide bonds. The molecule has 0 aromatic heterocycles. The number of carbonyl (C=O) groups is 1. The van der Waals surface area contributed by atoms with E-state index in [1.165, 1.54) is 0 Å². The second-order valence-corrected chi connectivity index (χ2v) is 4.36. The van der Waals surface area contributed by atoms with E-state index in [1.54, 1.807) is 0 Å². The van der Waals surface area contributed by atoms with Crippen LogP contribution in [-0.4, -0.2) is 24.7 Å². The van der Waals surface area contributed by atoms with Gasteiger partial charge in [-0.15, -0.1) is 0 Å². The van der Waals surface area contributed by atoms with E-state index in [4.69, 9.17) is 4.74 Å². The molecule has 13 heavy (non-hydrogen) atoms. The van der Waals surface area contributed by atoms with Crippen LogP contribution in [-0.2, 0) is 9.53 Å². The minimum Gasteiger partial charge on any atom is -0.379 e. The predicted molar refractivity (Wildman–Crippen MR) is 51.4 cm³/mol. The summed E-state index contributed by atoms with van der Waals surface area (Å²) in [4.78, 5) is 11.4. The fraction of sp³-hybridized carbons (Fsp3) is 0.900. The lowest BCUT2D eigenvalue weighted by molar-refractivity contribution is -0.127. The number of nitrogens with one attached hydrogen (secondary N) is 1. The Morgan fingerprint density at radius 3 is 2.69 bits per heavy atom. The molecule has 0 saturated carbocycles. The quantitative estimate of drug-likeness (QED) is 0.704. The Kier molecular flexibility index (Phi) is 3.31. The highest BCUT2D eigenvalue weighted by Gasteiger charge is 2.29. The van der Waals surface area contributed by atoms with E-state index >= 15 is 0 Å². The SMILES string of the molecule is CC(C)C(=O)NC1(C)CCCOC1. The van der Waals surface area contributed by atoms with Crippen molar-refractivity contribution in [3.63, 3.8) is 0 Å². The van der Waals surface area contributed by atoms with Crippen LogP contribution in [0.1, 0.15) is 33.6 Å². The van der Waals surface area contributed by atoms with Gasteiger partial charge in [-0.1, -0.05) is 13.8 Å². The molecule has 1 heterocycles. The van der Waals surface area contributed by atoms with Gasteiger partial charge in [0.2, 0.25) is 5.91 Å². The van der Waals surface area contributed by atoms with E-state index in [2.05, 4.69) is 5.32 Å². The van der Waals surface area contributed by atoms with Gasteiger partial charge in [0.15, 0.2) is 0 Å². The summed E-state index contributed by atoms with van der Waals surface area (Å²) in [6.07, 6.45) is 2.06. The van der Waals surface area contributed by atoms with Gasteiger partial charge in [-0.25, -0.2) is 0 Å². The van der Waals surface area contributed by atoms with Crippen LogP contribution < -0.4 is 5.32 Å². The molecule has 0 aromatic carbocycles. The van der Waals surface area contributed by atoms with E-state index in [9.17, 15) is 4.79 Å². The lowest BCUT2D eigenvalue weighted by Crippen LogP contribution is -2.52. The van der Waals surface area contributed by atoms with Crippen LogP contribution >= 0.6 is 0 Å². The zero-order valence-electron chi connectivity index (χ0n) is 8.72. The predicted octanol–water partition coefficient (Wildman–Crippen LogP) is 1.33. The number of hydrogen-bond acceptors (Lipinski definition) is 2. The molecular formula is C10H19NO2. The molecule has 1 aliphatic heterocycles. The summed E-state index contributed by atoms with van der Waals surface area (Å²) in [7, 11) is 0. The molecule has 1 saturated heterocycles. The molecule has 1 aliphatic rings. The van der Waals surface area contributed by atoms with E-state index in [0.717, 1.165) is 19.4 Å². The second-order valence-electron chi connectivity index (χ2n) is 4.36. The number of amides is 1. The highest BCUT2D eigenvalue weighted by atomic mass is 16.5. The molecule has 3 heteroatoms. The molecule has 76 valence electrons. The minimum atomic E-state index is -0.139. The Balaban J connectivity index is 2.45. The first-order valence-electron chi connectivity index (χ1n) is 4.93. The zero-order valence-corrected chi connectivity index (χ0v) is 8.72. The Morgan fingerprint density at radius 2 is 2.23 bits per heavy atom. The van der Waals surface area contributed by atoms with Crippen LogP contribution in [0.25, 0.3) is 0 Å². The van der Waals surface area contributed by atoms with E-state index in [0.29, 0.717) is 6.61 Å². The van der Waals surface area contributed by atoms with Gasteiger partial charge in [0.05, 0.1) is 12.1 Å². The summed E-state index contributed by atoms with van der Waals surface area (Å²) >= 11 is 0. The first-order valence-corrected chi connectivity index (χ1v) is 4.93. The van der Waals surface area contributed by atoms with E-state index < -0.39 is 0 Å². The number of ether oxygens (including phenoxy) is 1. The Labute approximate surface area is 79.8 Å². The first-order chi connectivity index (χ1) is 6.03. The van der Waals surface area contributed by atoms with Crippen molar-refractivity contribution < 1.29 is 9.53 Å². The number of rotatable bonds is 2. The van der Waals surface area contributed by atoms with Gasteiger partial charge in [0.1, 0.15) is 0 Å². The molecule has 1 unspecified atom stereocenters. The minimum absolute atomic E-state index is 0.0544. The molecular weight excluding hydrogens is 166 g/mol. The lowest BCUT2D eigenvalue weighted by atomic mass is 9.94. The van der Waals surface area contributed by atoms with E-state index in [1.807, 2.05) is 20.8 Å². The van der Waals surface area contributed by atoms with Crippen LogP contribution in [0.3, 0.4) is 0 Å². The van der Waals surface area contributed by atoms with Gasteiger partial charge in [0, 0.05) is 12.5 Å². The first kappa shape index (κ1) is 10.5. The third-order valence-electron chi connectivity index (χ3n) is 2.39. The van der Waals surface area contributed by atoms with Gasteiger partial charge in [-0.3, -0.25) is 4.79 Å². The van der Waals surface area contributed by atoms with Crippen LogP contribution in [0, 0.1) is 5.92 Å². The second kappa shape index (κ2) is 4.09. The molecule has 1 N–H and O–H groups in total. The van der Waals surface area contributed by atoms with Crippen molar-refractivity contribution in [3.05, 3.63) is 0 Å². The summed E-state index contributed by atoms with van der Waals surface area (Å²) in [5.74, 6) is 0.173. The van der Waals surface area contributed by atoms with Gasteiger partial charge in [0.25, 0.3) is 0 Å². The fourth-order valence-electron chi connectivity index (χ4n) is 1.47. The van der Waals surface area contributed by atoms with Gasteiger partial charge in [-0.05, 0) is 19.8 Å². The van der Waals surface area contributed by atoms with Gasteiger partial charge in [-0.2, -0.15) is 0 Å². The van der Waals surface area contributed by atoms with Crippen LogP contribution in [0.15, 0.2) is 0 Å². The fourth-order valence-corrected chi connectivity index (χ4v) is 1.47. The Hall–Kier alpha value is -0.570. The number of carbonyl (C=O) groups excluding carboxylic acids is 1. The summed E-state index contributed by atoms with van der Waals surface area (Å²) in [6, 6.07) is 0. The highest BCUT2D eigenvalue weighted by Crippen LogP contribution is 2.18. The van der Waals surface area contributed by atoms with Crippen molar-refractivity contribution in [2.24, 2.45) is 5.92 Å². The van der Waals surface area contributed by atoms with Crippen LogP contribution in [0.2, 0.25) is 0 Å².